The number of amides is 1. The molecule has 1 aliphatic rings. The van der Waals surface area contributed by atoms with E-state index in [1.165, 1.54) is 0 Å². The first kappa shape index (κ1) is 10.1. The summed E-state index contributed by atoms with van der Waals surface area (Å²) >= 11 is 0. The Morgan fingerprint density at radius 2 is 2.53 bits per heavy atom. The fraction of sp³-hybridized carbons (Fsp3) is 0.667. The molecule has 0 bridgehead atoms. The van der Waals surface area contributed by atoms with Gasteiger partial charge in [-0.3, -0.25) is 9.48 Å². The lowest BCUT2D eigenvalue weighted by molar-refractivity contribution is -0.119. The second kappa shape index (κ2) is 4.39. The summed E-state index contributed by atoms with van der Waals surface area (Å²) in [6, 6.07) is 0.168. The van der Waals surface area contributed by atoms with E-state index in [0.717, 1.165) is 12.1 Å². The highest BCUT2D eigenvalue weighted by molar-refractivity contribution is 5.78. The molecule has 1 fully saturated rings. The van der Waals surface area contributed by atoms with Gasteiger partial charge in [0, 0.05) is 31.7 Å². The smallest absolute Gasteiger partial charge is 0.220 e. The molecule has 1 aliphatic heterocycles. The molecular formula is C9H14N4O2. The first-order valence-electron chi connectivity index (χ1n) is 5.07. The van der Waals surface area contributed by atoms with E-state index >= 15 is 0 Å². The van der Waals surface area contributed by atoms with Gasteiger partial charge in [-0.25, -0.2) is 0 Å². The lowest BCUT2D eigenvalue weighted by Gasteiger charge is -2.08. The van der Waals surface area contributed by atoms with Crippen molar-refractivity contribution in [3.8, 4) is 0 Å². The normalized spacial score (nSPS) is 20.6. The third-order valence-corrected chi connectivity index (χ3v) is 2.45. The molecule has 0 spiro atoms. The molecule has 0 saturated carbocycles. The summed E-state index contributed by atoms with van der Waals surface area (Å²) < 4.78 is 1.71. The molecule has 6 nitrogen and oxygen atoms in total. The number of rotatable bonds is 4. The van der Waals surface area contributed by atoms with E-state index in [-0.39, 0.29) is 18.6 Å². The number of hydrogen-bond donors (Lipinski definition) is 2. The molecule has 1 aromatic rings. The Bertz CT molecular complexity index is 350. The molecule has 1 atom stereocenters. The van der Waals surface area contributed by atoms with Gasteiger partial charge in [-0.2, -0.15) is 0 Å². The molecule has 6 heteroatoms. The summed E-state index contributed by atoms with van der Waals surface area (Å²) in [4.78, 5) is 11.0. The van der Waals surface area contributed by atoms with Crippen molar-refractivity contribution in [3.05, 3.63) is 11.9 Å². The Morgan fingerprint density at radius 1 is 1.67 bits per heavy atom. The molecule has 2 heterocycles. The predicted molar refractivity (Wildman–Crippen MR) is 52.0 cm³/mol. The largest absolute Gasteiger partial charge is 0.396 e. The zero-order valence-electron chi connectivity index (χ0n) is 8.39. The number of hydrogen-bond acceptors (Lipinski definition) is 4. The standard InChI is InChI=1S/C9H14N4O2/c14-4-3-8-6-13(12-11-8)5-7-1-2-9(15)10-7/h6-7,14H,1-5H2,(H,10,15). The summed E-state index contributed by atoms with van der Waals surface area (Å²) in [6.07, 6.45) is 3.79. The van der Waals surface area contributed by atoms with Gasteiger partial charge in [-0.1, -0.05) is 5.21 Å². The van der Waals surface area contributed by atoms with Crippen molar-refractivity contribution < 1.29 is 9.90 Å². The number of carbonyl (C=O) groups excluding carboxylic acids is 1. The van der Waals surface area contributed by atoms with E-state index in [1.807, 2.05) is 0 Å². The van der Waals surface area contributed by atoms with Crippen LogP contribution in [-0.2, 0) is 17.8 Å². The average molecular weight is 210 g/mol. The highest BCUT2D eigenvalue weighted by atomic mass is 16.3. The van der Waals surface area contributed by atoms with Gasteiger partial charge in [-0.05, 0) is 6.42 Å². The third kappa shape index (κ3) is 2.53. The molecular weight excluding hydrogens is 196 g/mol. The van der Waals surface area contributed by atoms with Crippen LogP contribution in [0.5, 0.6) is 0 Å². The first-order valence-corrected chi connectivity index (χ1v) is 5.07. The SMILES string of the molecule is O=C1CCC(Cn2cc(CCO)nn2)N1. The quantitative estimate of drug-likeness (QED) is 0.674. The molecule has 1 aromatic heterocycles. The maximum atomic E-state index is 11.0. The number of aliphatic hydroxyl groups is 1. The Kier molecular flexibility index (Phi) is 2.96. The third-order valence-electron chi connectivity index (χ3n) is 2.45. The van der Waals surface area contributed by atoms with Gasteiger partial charge in [-0.15, -0.1) is 5.10 Å². The van der Waals surface area contributed by atoms with Crippen molar-refractivity contribution in [3.63, 3.8) is 0 Å². The van der Waals surface area contributed by atoms with Crippen molar-refractivity contribution in [1.29, 1.82) is 0 Å². The van der Waals surface area contributed by atoms with E-state index in [0.29, 0.717) is 19.4 Å². The zero-order valence-corrected chi connectivity index (χ0v) is 8.39. The van der Waals surface area contributed by atoms with E-state index in [4.69, 9.17) is 5.11 Å². The van der Waals surface area contributed by atoms with Crippen molar-refractivity contribution in [2.24, 2.45) is 0 Å². The Morgan fingerprint density at radius 3 is 3.20 bits per heavy atom. The second-order valence-corrected chi connectivity index (χ2v) is 3.71. The molecule has 1 saturated heterocycles. The number of aromatic nitrogens is 3. The molecule has 0 aliphatic carbocycles. The van der Waals surface area contributed by atoms with Crippen LogP contribution in [0.1, 0.15) is 18.5 Å². The Labute approximate surface area is 87.3 Å². The van der Waals surface area contributed by atoms with E-state index in [9.17, 15) is 4.79 Å². The molecule has 2 N–H and O–H groups in total. The Hall–Kier alpha value is -1.43. The molecule has 82 valence electrons. The number of aliphatic hydroxyl groups excluding tert-OH is 1. The van der Waals surface area contributed by atoms with Crippen LogP contribution in [-0.4, -0.2) is 38.7 Å². The van der Waals surface area contributed by atoms with Crippen LogP contribution in [0.2, 0.25) is 0 Å². The minimum atomic E-state index is 0.0822. The monoisotopic (exact) mass is 210 g/mol. The van der Waals surface area contributed by atoms with Gasteiger partial charge in [0.15, 0.2) is 0 Å². The average Bonchev–Trinajstić information content (AvgIpc) is 2.78. The minimum absolute atomic E-state index is 0.0822. The summed E-state index contributed by atoms with van der Waals surface area (Å²) in [5.41, 5.74) is 0.779. The molecule has 15 heavy (non-hydrogen) atoms. The van der Waals surface area contributed by atoms with E-state index in [1.54, 1.807) is 10.9 Å². The van der Waals surface area contributed by atoms with Crippen LogP contribution in [0.15, 0.2) is 6.20 Å². The van der Waals surface area contributed by atoms with E-state index in [2.05, 4.69) is 15.6 Å². The summed E-state index contributed by atoms with van der Waals surface area (Å²) in [5.74, 6) is 0.107. The van der Waals surface area contributed by atoms with Crippen molar-refractivity contribution >= 4 is 5.91 Å². The van der Waals surface area contributed by atoms with Crippen LogP contribution < -0.4 is 5.32 Å². The summed E-state index contributed by atoms with van der Waals surface area (Å²) in [5, 5.41) is 19.4. The van der Waals surface area contributed by atoms with Crippen LogP contribution in [0.25, 0.3) is 0 Å². The van der Waals surface area contributed by atoms with Crippen molar-refractivity contribution in [2.75, 3.05) is 6.61 Å². The van der Waals surface area contributed by atoms with Gasteiger partial charge < -0.3 is 10.4 Å². The topological polar surface area (TPSA) is 80.0 Å². The highest BCUT2D eigenvalue weighted by Crippen LogP contribution is 2.08. The lowest BCUT2D eigenvalue weighted by Crippen LogP contribution is -2.29. The highest BCUT2D eigenvalue weighted by Gasteiger charge is 2.21. The maximum absolute atomic E-state index is 11.0. The summed E-state index contributed by atoms with van der Waals surface area (Å²) in [7, 11) is 0. The maximum Gasteiger partial charge on any atom is 0.220 e. The van der Waals surface area contributed by atoms with Gasteiger partial charge in [0.1, 0.15) is 0 Å². The van der Waals surface area contributed by atoms with Crippen LogP contribution in [0.3, 0.4) is 0 Å². The van der Waals surface area contributed by atoms with Gasteiger partial charge in [0.25, 0.3) is 0 Å². The van der Waals surface area contributed by atoms with Crippen LogP contribution >= 0.6 is 0 Å². The fourth-order valence-electron chi connectivity index (χ4n) is 1.70. The predicted octanol–water partition coefficient (Wildman–Crippen LogP) is -0.909. The van der Waals surface area contributed by atoms with Crippen LogP contribution in [0.4, 0.5) is 0 Å². The Balaban J connectivity index is 1.90. The number of nitrogens with zero attached hydrogens (tertiary/aromatic N) is 3. The number of nitrogens with one attached hydrogen (secondary N) is 1. The fourth-order valence-corrected chi connectivity index (χ4v) is 1.70. The molecule has 1 amide bonds. The zero-order chi connectivity index (χ0) is 10.7. The number of carbonyl (C=O) groups is 1. The minimum Gasteiger partial charge on any atom is -0.396 e. The molecule has 0 radical (unpaired) electrons. The molecule has 0 aromatic carbocycles. The summed E-state index contributed by atoms with van der Waals surface area (Å²) in [6.45, 7) is 0.739. The van der Waals surface area contributed by atoms with Gasteiger partial charge in [0.05, 0.1) is 12.2 Å². The lowest BCUT2D eigenvalue weighted by atomic mass is 10.2. The van der Waals surface area contributed by atoms with Gasteiger partial charge in [0.2, 0.25) is 5.91 Å². The van der Waals surface area contributed by atoms with E-state index < -0.39 is 0 Å². The van der Waals surface area contributed by atoms with Crippen LogP contribution in [0, 0.1) is 0 Å². The molecule has 2 rings (SSSR count). The van der Waals surface area contributed by atoms with Gasteiger partial charge >= 0.3 is 0 Å². The molecule has 1 unspecified atom stereocenters. The van der Waals surface area contributed by atoms with Crippen molar-refractivity contribution in [2.45, 2.75) is 31.8 Å². The second-order valence-electron chi connectivity index (χ2n) is 3.71. The first-order chi connectivity index (χ1) is 7.28. The van der Waals surface area contributed by atoms with Crippen molar-refractivity contribution in [1.82, 2.24) is 20.3 Å².